The largest absolute Gasteiger partial charge is 0.497 e. The highest BCUT2D eigenvalue weighted by Gasteiger charge is 2.18. The van der Waals surface area contributed by atoms with Crippen molar-refractivity contribution in [3.8, 4) is 11.5 Å². The van der Waals surface area contributed by atoms with Gasteiger partial charge in [-0.25, -0.2) is 0 Å². The third kappa shape index (κ3) is 5.34. The smallest absolute Gasteiger partial charge is 0.191 e. The van der Waals surface area contributed by atoms with Gasteiger partial charge in [0.2, 0.25) is 0 Å². The second-order valence-electron chi connectivity index (χ2n) is 5.85. The average molecular weight is 319 g/mol. The summed E-state index contributed by atoms with van der Waals surface area (Å²) in [7, 11) is 3.47. The molecule has 2 N–H and O–H groups in total. The molecule has 1 aliphatic rings. The maximum atomic E-state index is 6.22. The van der Waals surface area contributed by atoms with E-state index in [2.05, 4.69) is 28.6 Å². The van der Waals surface area contributed by atoms with E-state index in [9.17, 15) is 0 Å². The third-order valence-corrected chi connectivity index (χ3v) is 4.08. The van der Waals surface area contributed by atoms with Gasteiger partial charge in [0.15, 0.2) is 5.96 Å². The van der Waals surface area contributed by atoms with Gasteiger partial charge in [-0.15, -0.1) is 0 Å². The summed E-state index contributed by atoms with van der Waals surface area (Å²) in [5.74, 6) is 2.56. The second kappa shape index (κ2) is 9.28. The number of rotatable bonds is 7. The van der Waals surface area contributed by atoms with Gasteiger partial charge in [0, 0.05) is 31.8 Å². The second-order valence-corrected chi connectivity index (χ2v) is 5.85. The molecular formula is C18H29N3O2. The molecule has 1 aromatic rings. The van der Waals surface area contributed by atoms with Crippen molar-refractivity contribution in [3.63, 3.8) is 0 Å². The van der Waals surface area contributed by atoms with Crippen molar-refractivity contribution in [2.75, 3.05) is 20.7 Å². The number of ether oxygens (including phenoxy) is 2. The maximum absolute atomic E-state index is 6.22. The van der Waals surface area contributed by atoms with Crippen LogP contribution in [-0.2, 0) is 6.54 Å². The van der Waals surface area contributed by atoms with Crippen LogP contribution in [0.2, 0.25) is 0 Å². The molecule has 0 spiro atoms. The zero-order chi connectivity index (χ0) is 16.5. The number of aliphatic imine (C=N–C) groups is 1. The molecule has 5 heteroatoms. The van der Waals surface area contributed by atoms with Crippen LogP contribution in [0.4, 0.5) is 0 Å². The van der Waals surface area contributed by atoms with Gasteiger partial charge in [-0.05, 0) is 44.2 Å². The van der Waals surface area contributed by atoms with Crippen LogP contribution < -0.4 is 20.1 Å². The molecule has 1 aliphatic carbocycles. The minimum absolute atomic E-state index is 0.332. The molecule has 0 aromatic heterocycles. The molecule has 0 aliphatic heterocycles. The van der Waals surface area contributed by atoms with Gasteiger partial charge in [0.1, 0.15) is 11.5 Å². The molecule has 0 bridgehead atoms. The monoisotopic (exact) mass is 319 g/mol. The molecule has 1 fully saturated rings. The Morgan fingerprint density at radius 1 is 1.26 bits per heavy atom. The Kier molecular flexibility index (Phi) is 7.04. The van der Waals surface area contributed by atoms with E-state index in [4.69, 9.17) is 9.47 Å². The Bertz CT molecular complexity index is 511. The average Bonchev–Trinajstić information content (AvgIpc) is 3.09. The van der Waals surface area contributed by atoms with E-state index >= 15 is 0 Å². The van der Waals surface area contributed by atoms with E-state index in [-0.39, 0.29) is 0 Å². The molecule has 0 heterocycles. The lowest BCUT2D eigenvalue weighted by atomic mass is 10.2. The summed E-state index contributed by atoms with van der Waals surface area (Å²) in [5, 5.41) is 6.62. The van der Waals surface area contributed by atoms with E-state index < -0.39 is 0 Å². The zero-order valence-corrected chi connectivity index (χ0v) is 14.5. The fraction of sp³-hybridized carbons (Fsp3) is 0.611. The van der Waals surface area contributed by atoms with Gasteiger partial charge < -0.3 is 20.1 Å². The van der Waals surface area contributed by atoms with Crippen molar-refractivity contribution in [1.29, 1.82) is 0 Å². The van der Waals surface area contributed by atoms with Crippen LogP contribution in [0.5, 0.6) is 11.5 Å². The van der Waals surface area contributed by atoms with Gasteiger partial charge in [0.05, 0.1) is 13.2 Å². The standard InChI is InChI=1S/C18H29N3O2/c1-4-11-20-18(19-2)21-13-14-9-10-16(22-3)12-17(14)23-15-7-5-6-8-15/h9-10,12,15H,4-8,11,13H2,1-3H3,(H2,19,20,21). The molecule has 0 saturated heterocycles. The third-order valence-electron chi connectivity index (χ3n) is 4.08. The van der Waals surface area contributed by atoms with Crippen molar-refractivity contribution < 1.29 is 9.47 Å². The van der Waals surface area contributed by atoms with E-state index in [1.54, 1.807) is 14.2 Å². The summed E-state index contributed by atoms with van der Waals surface area (Å²) in [6.07, 6.45) is 6.21. The Labute approximate surface area is 139 Å². The molecule has 128 valence electrons. The topological polar surface area (TPSA) is 54.9 Å². The van der Waals surface area contributed by atoms with Crippen LogP contribution in [-0.4, -0.2) is 32.8 Å². The van der Waals surface area contributed by atoms with E-state index in [0.717, 1.165) is 48.8 Å². The molecule has 0 atom stereocenters. The fourth-order valence-electron chi connectivity index (χ4n) is 2.75. The number of nitrogens with one attached hydrogen (secondary N) is 2. The van der Waals surface area contributed by atoms with E-state index in [1.807, 2.05) is 12.1 Å². The Hall–Kier alpha value is -1.91. The molecule has 2 rings (SSSR count). The Morgan fingerprint density at radius 2 is 2.04 bits per heavy atom. The summed E-state index contributed by atoms with van der Waals surface area (Å²) < 4.78 is 11.6. The molecular weight excluding hydrogens is 290 g/mol. The Balaban J connectivity index is 2.03. The zero-order valence-electron chi connectivity index (χ0n) is 14.5. The van der Waals surface area contributed by atoms with Crippen molar-refractivity contribution >= 4 is 5.96 Å². The summed E-state index contributed by atoms with van der Waals surface area (Å²) in [6.45, 7) is 3.72. The van der Waals surface area contributed by atoms with Gasteiger partial charge in [-0.3, -0.25) is 4.99 Å². The number of guanidine groups is 1. The lowest BCUT2D eigenvalue weighted by Crippen LogP contribution is -2.37. The first-order valence-corrected chi connectivity index (χ1v) is 8.55. The van der Waals surface area contributed by atoms with Gasteiger partial charge in [0.25, 0.3) is 0 Å². The number of benzene rings is 1. The summed E-state index contributed by atoms with van der Waals surface area (Å²) in [5.41, 5.74) is 1.12. The van der Waals surface area contributed by atoms with Crippen molar-refractivity contribution in [2.24, 2.45) is 4.99 Å². The van der Waals surface area contributed by atoms with E-state index in [1.165, 1.54) is 12.8 Å². The number of hydrogen-bond acceptors (Lipinski definition) is 3. The predicted molar refractivity (Wildman–Crippen MR) is 94.4 cm³/mol. The maximum Gasteiger partial charge on any atom is 0.191 e. The molecule has 1 saturated carbocycles. The molecule has 23 heavy (non-hydrogen) atoms. The van der Waals surface area contributed by atoms with Crippen molar-refractivity contribution in [3.05, 3.63) is 23.8 Å². The SMILES string of the molecule is CCCNC(=NC)NCc1ccc(OC)cc1OC1CCCC1. The van der Waals surface area contributed by atoms with Gasteiger partial charge >= 0.3 is 0 Å². The molecule has 0 unspecified atom stereocenters. The van der Waals surface area contributed by atoms with Gasteiger partial charge in [-0.1, -0.05) is 6.92 Å². The first kappa shape index (κ1) is 17.4. The van der Waals surface area contributed by atoms with Crippen LogP contribution >= 0.6 is 0 Å². The van der Waals surface area contributed by atoms with Crippen LogP contribution in [0.25, 0.3) is 0 Å². The minimum Gasteiger partial charge on any atom is -0.497 e. The van der Waals surface area contributed by atoms with E-state index in [0.29, 0.717) is 12.6 Å². The normalized spacial score (nSPS) is 15.5. The van der Waals surface area contributed by atoms with Crippen LogP contribution in [0.3, 0.4) is 0 Å². The highest BCUT2D eigenvalue weighted by molar-refractivity contribution is 5.79. The lowest BCUT2D eigenvalue weighted by molar-refractivity contribution is 0.207. The molecule has 1 aromatic carbocycles. The van der Waals surface area contributed by atoms with Gasteiger partial charge in [-0.2, -0.15) is 0 Å². The highest BCUT2D eigenvalue weighted by atomic mass is 16.5. The quantitative estimate of drug-likeness (QED) is 0.599. The molecule has 5 nitrogen and oxygen atoms in total. The summed E-state index contributed by atoms with van der Waals surface area (Å²) in [4.78, 5) is 4.24. The lowest BCUT2D eigenvalue weighted by Gasteiger charge is -2.18. The first-order valence-electron chi connectivity index (χ1n) is 8.55. The highest BCUT2D eigenvalue weighted by Crippen LogP contribution is 2.29. The molecule has 0 amide bonds. The minimum atomic E-state index is 0.332. The number of methoxy groups -OCH3 is 1. The van der Waals surface area contributed by atoms with Crippen LogP contribution in [0, 0.1) is 0 Å². The number of hydrogen-bond donors (Lipinski definition) is 2. The van der Waals surface area contributed by atoms with Crippen molar-refractivity contribution in [2.45, 2.75) is 51.7 Å². The fourth-order valence-corrected chi connectivity index (χ4v) is 2.75. The van der Waals surface area contributed by atoms with Crippen LogP contribution in [0.1, 0.15) is 44.6 Å². The predicted octanol–water partition coefficient (Wildman–Crippen LogP) is 3.09. The first-order chi connectivity index (χ1) is 11.3. The van der Waals surface area contributed by atoms with Crippen molar-refractivity contribution in [1.82, 2.24) is 10.6 Å². The molecule has 0 radical (unpaired) electrons. The number of nitrogens with zero attached hydrogens (tertiary/aromatic N) is 1. The van der Waals surface area contributed by atoms with Crippen LogP contribution in [0.15, 0.2) is 23.2 Å². The Morgan fingerprint density at radius 3 is 2.70 bits per heavy atom. The summed E-state index contributed by atoms with van der Waals surface area (Å²) >= 11 is 0. The summed E-state index contributed by atoms with van der Waals surface area (Å²) in [6, 6.07) is 6.02.